The van der Waals surface area contributed by atoms with E-state index in [1.807, 2.05) is 79.7 Å². The summed E-state index contributed by atoms with van der Waals surface area (Å²) in [6, 6.07) is 22.3. The van der Waals surface area contributed by atoms with Crippen molar-refractivity contribution in [2.45, 2.75) is 32.2 Å². The number of benzene rings is 2. The lowest BCUT2D eigenvalue weighted by atomic mass is 9.80. The minimum atomic E-state index is -0.543. The lowest BCUT2D eigenvalue weighted by Gasteiger charge is -2.48. The van der Waals surface area contributed by atoms with Gasteiger partial charge in [0, 0.05) is 12.6 Å². The monoisotopic (exact) mass is 404 g/mol. The van der Waals surface area contributed by atoms with Crippen LogP contribution in [0.3, 0.4) is 0 Å². The predicted molar refractivity (Wildman–Crippen MR) is 111 cm³/mol. The van der Waals surface area contributed by atoms with Crippen LogP contribution < -0.4 is 5.32 Å². The maximum absolute atomic E-state index is 13.0. The van der Waals surface area contributed by atoms with Crippen molar-refractivity contribution in [2.75, 3.05) is 0 Å². The smallest absolute Gasteiger partial charge is 0.407 e. The van der Waals surface area contributed by atoms with E-state index in [9.17, 15) is 9.59 Å². The first kappa shape index (κ1) is 19.8. The number of amides is 2. The van der Waals surface area contributed by atoms with E-state index in [1.165, 1.54) is 0 Å². The molecule has 0 aliphatic carbocycles. The zero-order chi connectivity index (χ0) is 20.9. The Kier molecular flexibility index (Phi) is 5.84. The molecule has 4 rings (SSSR count). The van der Waals surface area contributed by atoms with Crippen LogP contribution in [0, 0.1) is 5.92 Å². The SMILES string of the molecule is C[C@H](NC(=O)OCc1ccccc1)[C@H]1C(=O)N(Cc2ccccc2)[C@@H]1c1ccco1. The van der Waals surface area contributed by atoms with Gasteiger partial charge in [0.2, 0.25) is 5.91 Å². The standard InChI is InChI=1S/C24H24N2O4/c1-17(25-24(28)30-16-19-11-6-3-7-12-19)21-22(20-13-8-14-29-20)26(23(21)27)15-18-9-4-2-5-10-18/h2-14,17,21-22H,15-16H2,1H3,(H,25,28)/t17-,21+,22+/m0/s1. The summed E-state index contributed by atoms with van der Waals surface area (Å²) < 4.78 is 10.9. The number of rotatable bonds is 7. The molecule has 2 amide bonds. The van der Waals surface area contributed by atoms with E-state index in [4.69, 9.17) is 9.15 Å². The van der Waals surface area contributed by atoms with E-state index in [2.05, 4.69) is 5.32 Å². The first-order chi connectivity index (χ1) is 14.6. The molecule has 0 spiro atoms. The van der Waals surface area contributed by atoms with E-state index < -0.39 is 18.1 Å². The highest BCUT2D eigenvalue weighted by atomic mass is 16.5. The molecule has 1 aromatic heterocycles. The molecule has 0 unspecified atom stereocenters. The number of nitrogens with one attached hydrogen (secondary N) is 1. The molecule has 0 saturated carbocycles. The van der Waals surface area contributed by atoms with E-state index >= 15 is 0 Å². The molecule has 1 N–H and O–H groups in total. The molecule has 0 bridgehead atoms. The average molecular weight is 404 g/mol. The van der Waals surface area contributed by atoms with Crippen LogP contribution in [0.25, 0.3) is 0 Å². The second-order valence-electron chi connectivity index (χ2n) is 7.43. The van der Waals surface area contributed by atoms with Crippen molar-refractivity contribution in [2.24, 2.45) is 5.92 Å². The normalized spacial score (nSPS) is 19.1. The topological polar surface area (TPSA) is 71.8 Å². The molecule has 3 atom stereocenters. The van der Waals surface area contributed by atoms with Gasteiger partial charge in [-0.2, -0.15) is 0 Å². The number of ether oxygens (including phenoxy) is 1. The summed E-state index contributed by atoms with van der Waals surface area (Å²) in [6.45, 7) is 2.49. The van der Waals surface area contributed by atoms with Crippen LogP contribution in [0.1, 0.15) is 29.9 Å². The van der Waals surface area contributed by atoms with Crippen LogP contribution in [0.4, 0.5) is 4.79 Å². The van der Waals surface area contributed by atoms with Crippen LogP contribution in [0.2, 0.25) is 0 Å². The number of hydrogen-bond acceptors (Lipinski definition) is 4. The number of likely N-dealkylation sites (tertiary alicyclic amines) is 1. The van der Waals surface area contributed by atoms with Gasteiger partial charge in [0.15, 0.2) is 0 Å². The Morgan fingerprint density at radius 1 is 1.03 bits per heavy atom. The molecule has 1 fully saturated rings. The Hall–Kier alpha value is -3.54. The fraction of sp³-hybridized carbons (Fsp3) is 0.250. The van der Waals surface area contributed by atoms with Gasteiger partial charge in [0.1, 0.15) is 18.4 Å². The summed E-state index contributed by atoms with van der Waals surface area (Å²) in [4.78, 5) is 27.0. The van der Waals surface area contributed by atoms with E-state index in [1.54, 1.807) is 11.2 Å². The fourth-order valence-corrected chi connectivity index (χ4v) is 3.85. The van der Waals surface area contributed by atoms with Crippen molar-refractivity contribution in [3.8, 4) is 0 Å². The lowest BCUT2D eigenvalue weighted by molar-refractivity contribution is -0.161. The number of β-lactam (4-membered cyclic amide) rings is 1. The van der Waals surface area contributed by atoms with Crippen LogP contribution >= 0.6 is 0 Å². The molecule has 1 aliphatic heterocycles. The maximum atomic E-state index is 13.0. The van der Waals surface area contributed by atoms with Gasteiger partial charge in [-0.1, -0.05) is 60.7 Å². The lowest BCUT2D eigenvalue weighted by Crippen LogP contribution is -2.61. The molecule has 2 aromatic carbocycles. The molecular weight excluding hydrogens is 380 g/mol. The van der Waals surface area contributed by atoms with Crippen molar-refractivity contribution in [3.05, 3.63) is 95.9 Å². The summed E-state index contributed by atoms with van der Waals surface area (Å²) in [5, 5.41) is 2.81. The van der Waals surface area contributed by atoms with Gasteiger partial charge in [-0.3, -0.25) is 4.79 Å². The number of carbonyl (C=O) groups is 2. The quantitative estimate of drug-likeness (QED) is 0.596. The summed E-state index contributed by atoms with van der Waals surface area (Å²) in [5.74, 6) is 0.280. The number of furan rings is 1. The first-order valence-corrected chi connectivity index (χ1v) is 9.98. The predicted octanol–water partition coefficient (Wildman–Crippen LogP) is 4.29. The highest BCUT2D eigenvalue weighted by Crippen LogP contribution is 2.43. The average Bonchev–Trinajstić information content (AvgIpc) is 3.29. The molecule has 1 aliphatic rings. The summed E-state index contributed by atoms with van der Waals surface area (Å²) in [5.41, 5.74) is 1.95. The third kappa shape index (κ3) is 4.22. The number of hydrogen-bond donors (Lipinski definition) is 1. The Morgan fingerprint density at radius 2 is 1.70 bits per heavy atom. The van der Waals surface area contributed by atoms with Gasteiger partial charge in [0.05, 0.1) is 12.2 Å². The van der Waals surface area contributed by atoms with Crippen molar-refractivity contribution in [1.29, 1.82) is 0 Å². The summed E-state index contributed by atoms with van der Waals surface area (Å²) in [6.07, 6.45) is 1.06. The Labute approximate surface area is 175 Å². The zero-order valence-corrected chi connectivity index (χ0v) is 16.7. The van der Waals surface area contributed by atoms with Crippen LogP contribution in [-0.2, 0) is 22.7 Å². The third-order valence-electron chi connectivity index (χ3n) is 5.37. The zero-order valence-electron chi connectivity index (χ0n) is 16.7. The summed E-state index contributed by atoms with van der Waals surface area (Å²) >= 11 is 0. The second-order valence-corrected chi connectivity index (χ2v) is 7.43. The Balaban J connectivity index is 1.41. The molecule has 0 radical (unpaired) electrons. The van der Waals surface area contributed by atoms with Crippen LogP contribution in [-0.4, -0.2) is 22.9 Å². The second kappa shape index (κ2) is 8.86. The number of carbonyl (C=O) groups excluding carboxylic acids is 2. The van der Waals surface area contributed by atoms with Crippen molar-refractivity contribution in [3.63, 3.8) is 0 Å². The molecule has 30 heavy (non-hydrogen) atoms. The molecule has 6 heteroatoms. The van der Waals surface area contributed by atoms with E-state index in [-0.39, 0.29) is 18.6 Å². The summed E-state index contributed by atoms with van der Waals surface area (Å²) in [7, 11) is 0. The van der Waals surface area contributed by atoms with Crippen molar-refractivity contribution in [1.82, 2.24) is 10.2 Å². The van der Waals surface area contributed by atoms with Crippen LogP contribution in [0.5, 0.6) is 0 Å². The van der Waals surface area contributed by atoms with Crippen LogP contribution in [0.15, 0.2) is 83.5 Å². The highest BCUT2D eigenvalue weighted by molar-refractivity contribution is 5.87. The van der Waals surface area contributed by atoms with Crippen molar-refractivity contribution < 1.29 is 18.7 Å². The van der Waals surface area contributed by atoms with Gasteiger partial charge in [-0.25, -0.2) is 4.79 Å². The number of alkyl carbamates (subject to hydrolysis) is 1. The molecule has 1 saturated heterocycles. The Morgan fingerprint density at radius 3 is 2.33 bits per heavy atom. The van der Waals surface area contributed by atoms with Gasteiger partial charge in [-0.15, -0.1) is 0 Å². The highest BCUT2D eigenvalue weighted by Gasteiger charge is 2.52. The first-order valence-electron chi connectivity index (χ1n) is 9.98. The molecule has 2 heterocycles. The third-order valence-corrected chi connectivity index (χ3v) is 5.37. The molecule has 6 nitrogen and oxygen atoms in total. The minimum Gasteiger partial charge on any atom is -0.467 e. The largest absolute Gasteiger partial charge is 0.467 e. The molecule has 154 valence electrons. The number of nitrogens with zero attached hydrogens (tertiary/aromatic N) is 1. The van der Waals surface area contributed by atoms with E-state index in [0.29, 0.717) is 12.3 Å². The fourth-order valence-electron chi connectivity index (χ4n) is 3.85. The van der Waals surface area contributed by atoms with Gasteiger partial charge in [-0.05, 0) is 30.2 Å². The molecule has 3 aromatic rings. The van der Waals surface area contributed by atoms with Gasteiger partial charge < -0.3 is 19.4 Å². The van der Waals surface area contributed by atoms with Crippen molar-refractivity contribution >= 4 is 12.0 Å². The maximum Gasteiger partial charge on any atom is 0.407 e. The van der Waals surface area contributed by atoms with Gasteiger partial charge >= 0.3 is 6.09 Å². The molecular formula is C24H24N2O4. The minimum absolute atomic E-state index is 0.0175. The van der Waals surface area contributed by atoms with Gasteiger partial charge in [0.25, 0.3) is 0 Å². The van der Waals surface area contributed by atoms with E-state index in [0.717, 1.165) is 11.1 Å². The Bertz CT molecular complexity index is 973.